The summed E-state index contributed by atoms with van der Waals surface area (Å²) in [6.45, 7) is 1.72. The molecule has 0 saturated heterocycles. The third kappa shape index (κ3) is 3.46. The van der Waals surface area contributed by atoms with Crippen LogP contribution in [0.3, 0.4) is 0 Å². The number of non-ortho nitro benzene ring substituents is 1. The Hall–Kier alpha value is -2.11. The fourth-order valence-electron chi connectivity index (χ4n) is 1.47. The topological polar surface area (TPSA) is 98.5 Å². The number of methoxy groups -OCH3 is 1. The minimum atomic E-state index is -4.00. The molecule has 0 saturated carbocycles. The summed E-state index contributed by atoms with van der Waals surface area (Å²) in [7, 11) is -2.73. The highest BCUT2D eigenvalue weighted by atomic mass is 32.2. The van der Waals surface area contributed by atoms with Gasteiger partial charge in [0, 0.05) is 12.1 Å². The zero-order valence-corrected chi connectivity index (χ0v) is 11.8. The Morgan fingerprint density at radius 1 is 1.55 bits per heavy atom. The van der Waals surface area contributed by atoms with Gasteiger partial charge in [0.25, 0.3) is 5.69 Å². The molecule has 0 aliphatic carbocycles. The fraction of sp³-hybridized carbons (Fsp3) is 0.333. The maximum Gasteiger partial charge on any atom is 0.271 e. The third-order valence-corrected chi connectivity index (χ3v) is 4.05. The highest BCUT2D eigenvalue weighted by Gasteiger charge is 2.24. The van der Waals surface area contributed by atoms with Gasteiger partial charge in [-0.15, -0.1) is 6.42 Å². The Morgan fingerprint density at radius 2 is 2.20 bits per heavy atom. The van der Waals surface area contributed by atoms with Gasteiger partial charge in [0.1, 0.15) is 10.6 Å². The SMILES string of the molecule is C#CC(CC)NS(=O)(=O)c1cc([N+](=O)[O-])ccc1OC. The number of terminal acetylenes is 1. The molecule has 0 spiro atoms. The quantitative estimate of drug-likeness (QED) is 0.485. The fourth-order valence-corrected chi connectivity index (χ4v) is 2.90. The van der Waals surface area contributed by atoms with Crippen molar-refractivity contribution in [3.05, 3.63) is 28.3 Å². The van der Waals surface area contributed by atoms with Gasteiger partial charge in [0.2, 0.25) is 10.0 Å². The van der Waals surface area contributed by atoms with Crippen LogP contribution in [0.4, 0.5) is 5.69 Å². The van der Waals surface area contributed by atoms with E-state index in [1.165, 1.54) is 13.2 Å². The summed E-state index contributed by atoms with van der Waals surface area (Å²) >= 11 is 0. The molecule has 0 fully saturated rings. The van der Waals surface area contributed by atoms with Crippen molar-refractivity contribution in [3.63, 3.8) is 0 Å². The Kier molecular flexibility index (Phi) is 5.07. The van der Waals surface area contributed by atoms with Gasteiger partial charge in [-0.2, -0.15) is 4.72 Å². The van der Waals surface area contributed by atoms with Crippen LogP contribution in [0.2, 0.25) is 0 Å². The summed E-state index contributed by atoms with van der Waals surface area (Å²) in [5.74, 6) is 2.30. The van der Waals surface area contributed by atoms with E-state index < -0.39 is 21.0 Å². The van der Waals surface area contributed by atoms with Crippen molar-refractivity contribution in [1.82, 2.24) is 4.72 Å². The lowest BCUT2D eigenvalue weighted by Crippen LogP contribution is -2.33. The van der Waals surface area contributed by atoms with E-state index in [0.717, 1.165) is 12.1 Å². The number of nitrogens with zero attached hydrogens (tertiary/aromatic N) is 1. The van der Waals surface area contributed by atoms with E-state index in [-0.39, 0.29) is 16.3 Å². The lowest BCUT2D eigenvalue weighted by molar-refractivity contribution is -0.385. The number of sulfonamides is 1. The monoisotopic (exact) mass is 298 g/mol. The number of rotatable bonds is 6. The van der Waals surface area contributed by atoms with Gasteiger partial charge in [-0.3, -0.25) is 10.1 Å². The molecule has 0 amide bonds. The highest BCUT2D eigenvalue weighted by Crippen LogP contribution is 2.28. The maximum atomic E-state index is 12.2. The van der Waals surface area contributed by atoms with Crippen LogP contribution in [-0.2, 0) is 10.0 Å². The van der Waals surface area contributed by atoms with Crippen molar-refractivity contribution in [2.24, 2.45) is 0 Å². The lowest BCUT2D eigenvalue weighted by atomic mass is 10.3. The molecule has 0 aliphatic rings. The summed E-state index contributed by atoms with van der Waals surface area (Å²) in [6.07, 6.45) is 5.60. The number of benzene rings is 1. The molecule has 8 heteroatoms. The van der Waals surface area contributed by atoms with Gasteiger partial charge < -0.3 is 4.74 Å². The van der Waals surface area contributed by atoms with Crippen LogP contribution in [0.15, 0.2) is 23.1 Å². The molecular weight excluding hydrogens is 284 g/mol. The predicted molar refractivity (Wildman–Crippen MR) is 72.9 cm³/mol. The summed E-state index contributed by atoms with van der Waals surface area (Å²) in [5, 5.41) is 10.7. The van der Waals surface area contributed by atoms with Crippen molar-refractivity contribution in [3.8, 4) is 18.1 Å². The summed E-state index contributed by atoms with van der Waals surface area (Å²) in [4.78, 5) is 9.73. The van der Waals surface area contributed by atoms with Crippen LogP contribution >= 0.6 is 0 Å². The summed E-state index contributed by atoms with van der Waals surface area (Å²) in [6, 6.07) is 2.63. The van der Waals surface area contributed by atoms with Crippen molar-refractivity contribution in [2.75, 3.05) is 7.11 Å². The van der Waals surface area contributed by atoms with Gasteiger partial charge in [-0.05, 0) is 12.5 Å². The zero-order valence-electron chi connectivity index (χ0n) is 11.0. The average Bonchev–Trinajstić information content (AvgIpc) is 2.43. The summed E-state index contributed by atoms with van der Waals surface area (Å²) in [5.41, 5.74) is -0.347. The van der Waals surface area contributed by atoms with Crippen molar-refractivity contribution < 1.29 is 18.1 Å². The molecule has 1 N–H and O–H groups in total. The second-order valence-corrected chi connectivity index (χ2v) is 5.52. The highest BCUT2D eigenvalue weighted by molar-refractivity contribution is 7.89. The Balaban J connectivity index is 3.32. The molecule has 0 heterocycles. The Morgan fingerprint density at radius 3 is 2.65 bits per heavy atom. The first-order chi connectivity index (χ1) is 9.35. The number of hydrogen-bond donors (Lipinski definition) is 1. The number of nitro benzene ring substituents is 1. The number of ether oxygens (including phenoxy) is 1. The normalized spacial score (nSPS) is 12.4. The Labute approximate surface area is 117 Å². The molecule has 1 unspecified atom stereocenters. The molecular formula is C12H14N2O5S. The first-order valence-corrected chi connectivity index (χ1v) is 7.15. The van der Waals surface area contributed by atoms with Gasteiger partial charge in [-0.25, -0.2) is 8.42 Å². The molecule has 1 aromatic carbocycles. The van der Waals surface area contributed by atoms with Gasteiger partial charge in [0.15, 0.2) is 0 Å². The standard InChI is InChI=1S/C12H14N2O5S/c1-4-9(5-2)13-20(17,18)12-8-10(14(15)16)6-7-11(12)19-3/h1,6-9,13H,5H2,2-3H3. The Bertz CT molecular complexity index is 648. The molecule has 20 heavy (non-hydrogen) atoms. The van der Waals surface area contributed by atoms with Crippen LogP contribution in [0.25, 0.3) is 0 Å². The van der Waals surface area contributed by atoms with Crippen molar-refractivity contribution in [1.29, 1.82) is 0 Å². The molecule has 7 nitrogen and oxygen atoms in total. The minimum Gasteiger partial charge on any atom is -0.495 e. The first-order valence-electron chi connectivity index (χ1n) is 5.66. The molecule has 0 aromatic heterocycles. The van der Waals surface area contributed by atoms with E-state index in [1.807, 2.05) is 0 Å². The largest absolute Gasteiger partial charge is 0.495 e. The van der Waals surface area contributed by atoms with Crippen LogP contribution in [0.1, 0.15) is 13.3 Å². The molecule has 0 aliphatic heterocycles. The number of nitro groups is 1. The van der Waals surface area contributed by atoms with Gasteiger partial charge >= 0.3 is 0 Å². The second kappa shape index (κ2) is 6.36. The minimum absolute atomic E-state index is 0.00924. The third-order valence-electron chi connectivity index (χ3n) is 2.55. The van der Waals surface area contributed by atoms with Crippen LogP contribution in [-0.4, -0.2) is 26.5 Å². The second-order valence-electron chi connectivity index (χ2n) is 3.84. The van der Waals surface area contributed by atoms with Gasteiger partial charge in [0.05, 0.1) is 18.1 Å². The van der Waals surface area contributed by atoms with E-state index in [9.17, 15) is 18.5 Å². The first kappa shape index (κ1) is 15.9. The van der Waals surface area contributed by atoms with Crippen LogP contribution in [0.5, 0.6) is 5.75 Å². The van der Waals surface area contributed by atoms with Gasteiger partial charge in [-0.1, -0.05) is 12.8 Å². The number of nitrogens with one attached hydrogen (secondary N) is 1. The smallest absolute Gasteiger partial charge is 0.271 e. The molecule has 1 rings (SSSR count). The van der Waals surface area contributed by atoms with Crippen molar-refractivity contribution >= 4 is 15.7 Å². The lowest BCUT2D eigenvalue weighted by Gasteiger charge is -2.13. The molecule has 108 valence electrons. The molecule has 1 aromatic rings. The predicted octanol–water partition coefficient (Wildman–Crippen LogP) is 1.29. The molecule has 0 bridgehead atoms. The molecule has 0 radical (unpaired) electrons. The van der Waals surface area contributed by atoms with Crippen LogP contribution < -0.4 is 9.46 Å². The summed E-state index contributed by atoms with van der Waals surface area (Å²) < 4.78 is 31.6. The van der Waals surface area contributed by atoms with E-state index in [0.29, 0.717) is 6.42 Å². The van der Waals surface area contributed by atoms with E-state index in [4.69, 9.17) is 11.2 Å². The van der Waals surface area contributed by atoms with E-state index in [1.54, 1.807) is 6.92 Å². The average molecular weight is 298 g/mol. The van der Waals surface area contributed by atoms with E-state index >= 15 is 0 Å². The number of hydrogen-bond acceptors (Lipinski definition) is 5. The van der Waals surface area contributed by atoms with Crippen molar-refractivity contribution in [2.45, 2.75) is 24.3 Å². The maximum absolute atomic E-state index is 12.2. The zero-order chi connectivity index (χ0) is 15.3. The van der Waals surface area contributed by atoms with E-state index in [2.05, 4.69) is 10.6 Å². The molecule has 1 atom stereocenters. The van der Waals surface area contributed by atoms with Crippen LogP contribution in [0, 0.1) is 22.5 Å².